The van der Waals surface area contributed by atoms with Gasteiger partial charge in [0.1, 0.15) is 21.8 Å². The largest absolute Gasteiger partial charge is 0.357 e. The minimum atomic E-state index is -0.300. The Morgan fingerprint density at radius 2 is 1.90 bits per heavy atom. The van der Waals surface area contributed by atoms with Gasteiger partial charge in [0.2, 0.25) is 0 Å². The molecule has 0 N–H and O–H groups in total. The lowest BCUT2D eigenvalue weighted by atomic mass is 9.97. The number of carbonyl (C=O) groups is 1. The van der Waals surface area contributed by atoms with Gasteiger partial charge in [0, 0.05) is 31.7 Å². The summed E-state index contributed by atoms with van der Waals surface area (Å²) in [5.74, 6) is 1.29. The van der Waals surface area contributed by atoms with Gasteiger partial charge in [-0.3, -0.25) is 19.1 Å². The molecule has 154 valence electrons. The molecule has 2 aliphatic heterocycles. The number of thiocarbonyl (C=S) groups is 1. The van der Waals surface area contributed by atoms with Crippen LogP contribution in [0.3, 0.4) is 0 Å². The number of nitriles is 1. The highest BCUT2D eigenvalue weighted by molar-refractivity contribution is 8.26. The molecule has 1 aromatic heterocycles. The fraction of sp³-hybridized carbons (Fsp3) is 0.524. The van der Waals surface area contributed by atoms with E-state index in [1.54, 1.807) is 23.4 Å². The van der Waals surface area contributed by atoms with Crippen LogP contribution in [-0.4, -0.2) is 38.8 Å². The van der Waals surface area contributed by atoms with Crippen molar-refractivity contribution in [3.8, 4) is 6.07 Å². The molecule has 3 rings (SSSR count). The topological polar surface area (TPSA) is 69.3 Å². The van der Waals surface area contributed by atoms with Crippen LogP contribution < -0.4 is 10.5 Å². The predicted octanol–water partition coefficient (Wildman–Crippen LogP) is 3.41. The molecule has 0 saturated carbocycles. The first kappa shape index (κ1) is 21.6. The van der Waals surface area contributed by atoms with Crippen LogP contribution in [0.2, 0.25) is 0 Å². The molecule has 2 saturated heterocycles. The second kappa shape index (κ2) is 8.33. The zero-order valence-corrected chi connectivity index (χ0v) is 19.1. The first-order valence-electron chi connectivity index (χ1n) is 9.83. The zero-order valence-electron chi connectivity index (χ0n) is 17.5. The van der Waals surface area contributed by atoms with Crippen LogP contribution in [0, 0.1) is 24.2 Å². The maximum atomic E-state index is 12.9. The van der Waals surface area contributed by atoms with Crippen LogP contribution in [0.15, 0.2) is 9.70 Å². The van der Waals surface area contributed by atoms with Crippen molar-refractivity contribution in [2.24, 2.45) is 13.0 Å². The Morgan fingerprint density at radius 1 is 1.28 bits per heavy atom. The normalized spacial score (nSPS) is 19.6. The minimum absolute atomic E-state index is 0.0210. The van der Waals surface area contributed by atoms with Gasteiger partial charge < -0.3 is 4.90 Å². The lowest BCUT2D eigenvalue weighted by Gasteiger charge is -2.34. The summed E-state index contributed by atoms with van der Waals surface area (Å²) in [7, 11) is 1.70. The van der Waals surface area contributed by atoms with Crippen LogP contribution in [0.5, 0.6) is 0 Å². The van der Waals surface area contributed by atoms with Gasteiger partial charge in [-0.25, -0.2) is 0 Å². The van der Waals surface area contributed by atoms with E-state index in [1.165, 1.54) is 11.8 Å². The summed E-state index contributed by atoms with van der Waals surface area (Å²) in [6.07, 6.45) is 3.90. The molecule has 0 radical (unpaired) electrons. The quantitative estimate of drug-likeness (QED) is 0.541. The molecule has 0 atom stereocenters. The number of aromatic nitrogens is 1. The van der Waals surface area contributed by atoms with Crippen molar-refractivity contribution in [2.75, 3.05) is 18.0 Å². The summed E-state index contributed by atoms with van der Waals surface area (Å²) >= 11 is 6.67. The molecule has 1 amide bonds. The standard InChI is InChI=1S/C21H26N4O2S2/c1-12(2)25-20(27)17(29-21(25)28)10-15-14(4)16(11-22)19(26)23(5)18(15)24-8-6-13(3)7-9-24/h10,12-13H,6-9H2,1-5H3/b17-10-. The van der Waals surface area contributed by atoms with Gasteiger partial charge in [-0.2, -0.15) is 5.26 Å². The van der Waals surface area contributed by atoms with E-state index in [2.05, 4.69) is 11.8 Å². The van der Waals surface area contributed by atoms with Crippen molar-refractivity contribution < 1.29 is 4.79 Å². The van der Waals surface area contributed by atoms with Gasteiger partial charge in [-0.15, -0.1) is 0 Å². The summed E-state index contributed by atoms with van der Waals surface area (Å²) in [6.45, 7) is 9.56. The number of piperidine rings is 1. The van der Waals surface area contributed by atoms with E-state index in [1.807, 2.05) is 26.0 Å². The number of amides is 1. The van der Waals surface area contributed by atoms with Crippen molar-refractivity contribution in [2.45, 2.75) is 46.6 Å². The Bertz CT molecular complexity index is 995. The van der Waals surface area contributed by atoms with Crippen molar-refractivity contribution in [3.63, 3.8) is 0 Å². The number of thioether (sulfide) groups is 1. The maximum absolute atomic E-state index is 12.9. The first-order chi connectivity index (χ1) is 13.7. The van der Waals surface area contributed by atoms with Crippen LogP contribution in [0.1, 0.15) is 50.3 Å². The van der Waals surface area contributed by atoms with E-state index in [9.17, 15) is 14.9 Å². The molecular weight excluding hydrogens is 404 g/mol. The molecule has 1 aromatic rings. The molecule has 29 heavy (non-hydrogen) atoms. The smallest absolute Gasteiger partial charge is 0.270 e. The van der Waals surface area contributed by atoms with Crippen LogP contribution in [-0.2, 0) is 11.8 Å². The van der Waals surface area contributed by atoms with Crippen LogP contribution >= 0.6 is 24.0 Å². The molecule has 0 unspecified atom stereocenters. The van der Waals surface area contributed by atoms with E-state index in [0.29, 0.717) is 20.7 Å². The maximum Gasteiger partial charge on any atom is 0.270 e. The number of hydrogen-bond acceptors (Lipinski definition) is 6. The first-order valence-corrected chi connectivity index (χ1v) is 11.1. The van der Waals surface area contributed by atoms with Gasteiger partial charge in [0.25, 0.3) is 11.5 Å². The molecule has 0 bridgehead atoms. The molecule has 8 heteroatoms. The Morgan fingerprint density at radius 3 is 2.41 bits per heavy atom. The van der Waals surface area contributed by atoms with Gasteiger partial charge in [-0.1, -0.05) is 30.9 Å². The Labute approximate surface area is 181 Å². The number of nitrogens with zero attached hydrogens (tertiary/aromatic N) is 4. The van der Waals surface area contributed by atoms with E-state index >= 15 is 0 Å². The van der Waals surface area contributed by atoms with Gasteiger partial charge in [0.15, 0.2) is 0 Å². The number of rotatable bonds is 3. The Balaban J connectivity index is 2.19. The average Bonchev–Trinajstić information content (AvgIpc) is 2.95. The van der Waals surface area contributed by atoms with E-state index in [-0.39, 0.29) is 23.1 Å². The van der Waals surface area contributed by atoms with E-state index in [0.717, 1.165) is 37.3 Å². The van der Waals surface area contributed by atoms with E-state index in [4.69, 9.17) is 12.2 Å². The molecule has 0 aliphatic carbocycles. The second-order valence-corrected chi connectivity index (χ2v) is 9.70. The number of anilines is 1. The summed E-state index contributed by atoms with van der Waals surface area (Å²) in [4.78, 5) is 30.0. The van der Waals surface area contributed by atoms with E-state index < -0.39 is 0 Å². The monoisotopic (exact) mass is 430 g/mol. The minimum Gasteiger partial charge on any atom is -0.357 e. The van der Waals surface area contributed by atoms with Crippen molar-refractivity contribution in [3.05, 3.63) is 31.9 Å². The summed E-state index contributed by atoms with van der Waals surface area (Å²) in [6, 6.07) is 2.02. The van der Waals surface area contributed by atoms with Crippen molar-refractivity contribution >= 4 is 46.1 Å². The lowest BCUT2D eigenvalue weighted by Crippen LogP contribution is -2.38. The van der Waals surface area contributed by atoms with Crippen LogP contribution in [0.25, 0.3) is 6.08 Å². The summed E-state index contributed by atoms with van der Waals surface area (Å²) < 4.78 is 2.09. The van der Waals surface area contributed by atoms with Gasteiger partial charge >= 0.3 is 0 Å². The van der Waals surface area contributed by atoms with Crippen molar-refractivity contribution in [1.82, 2.24) is 9.47 Å². The highest BCUT2D eigenvalue weighted by atomic mass is 32.2. The predicted molar refractivity (Wildman–Crippen MR) is 122 cm³/mol. The highest BCUT2D eigenvalue weighted by Gasteiger charge is 2.34. The molecule has 2 fully saturated rings. The van der Waals surface area contributed by atoms with Gasteiger partial charge in [-0.05, 0) is 51.2 Å². The summed E-state index contributed by atoms with van der Waals surface area (Å²) in [5.41, 5.74) is 1.18. The Kier molecular flexibility index (Phi) is 6.20. The second-order valence-electron chi connectivity index (χ2n) is 8.03. The number of pyridine rings is 1. The molecule has 2 aliphatic rings. The number of carbonyl (C=O) groups excluding carboxylic acids is 1. The molecule has 0 aromatic carbocycles. The zero-order chi connectivity index (χ0) is 21.5. The third-order valence-electron chi connectivity index (χ3n) is 5.67. The average molecular weight is 431 g/mol. The fourth-order valence-corrected chi connectivity index (χ4v) is 5.38. The molecule has 0 spiro atoms. The third kappa shape index (κ3) is 3.86. The molecule has 6 nitrogen and oxygen atoms in total. The Hall–Kier alpha value is -2.11. The molecule has 3 heterocycles. The SMILES string of the molecule is Cc1c(/C=C2\SC(=S)N(C(C)C)C2=O)c(N2CCC(C)CC2)n(C)c(=O)c1C#N. The lowest BCUT2D eigenvalue weighted by molar-refractivity contribution is -0.123. The fourth-order valence-electron chi connectivity index (χ4n) is 3.87. The highest BCUT2D eigenvalue weighted by Crippen LogP contribution is 2.37. The van der Waals surface area contributed by atoms with Crippen LogP contribution in [0.4, 0.5) is 5.82 Å². The number of hydrogen-bond donors (Lipinski definition) is 0. The van der Waals surface area contributed by atoms with Gasteiger partial charge in [0.05, 0.1) is 4.91 Å². The molecular formula is C21H26N4O2S2. The summed E-state index contributed by atoms with van der Waals surface area (Å²) in [5, 5.41) is 9.56. The third-order valence-corrected chi connectivity index (χ3v) is 7.00. The van der Waals surface area contributed by atoms with Crippen molar-refractivity contribution in [1.29, 1.82) is 5.26 Å².